The lowest BCUT2D eigenvalue weighted by molar-refractivity contribution is -0.137. The molecule has 0 saturated heterocycles. The van der Waals surface area contributed by atoms with Crippen LogP contribution in [0.2, 0.25) is 0 Å². The topological polar surface area (TPSA) is 98.7 Å². The average Bonchev–Trinajstić information content (AvgIpc) is 3.45. The first-order valence-electron chi connectivity index (χ1n) is 10.5. The maximum atomic E-state index is 13.0. The van der Waals surface area contributed by atoms with Gasteiger partial charge < -0.3 is 9.84 Å². The quantitative estimate of drug-likeness (QED) is 0.428. The van der Waals surface area contributed by atoms with E-state index < -0.39 is 17.8 Å². The fourth-order valence-electron chi connectivity index (χ4n) is 3.51. The number of alkyl halides is 3. The number of hydrogen-bond acceptors (Lipinski definition) is 6. The Kier molecular flexibility index (Phi) is 6.44. The first-order valence-corrected chi connectivity index (χ1v) is 10.5. The molecule has 1 atom stereocenters. The lowest BCUT2D eigenvalue weighted by atomic mass is 10.1. The third-order valence-electron chi connectivity index (χ3n) is 5.28. The third kappa shape index (κ3) is 5.13. The number of hydrogen-bond donors (Lipinski definition) is 1. The molecule has 34 heavy (non-hydrogen) atoms. The molecule has 0 fully saturated rings. The fourth-order valence-corrected chi connectivity index (χ4v) is 3.51. The van der Waals surface area contributed by atoms with Gasteiger partial charge in [-0.1, -0.05) is 11.2 Å². The number of benzene rings is 1. The largest absolute Gasteiger partial charge is 0.416 e. The van der Waals surface area contributed by atoms with E-state index in [2.05, 4.69) is 25.5 Å². The summed E-state index contributed by atoms with van der Waals surface area (Å²) in [5.41, 5.74) is 1.63. The molecule has 0 aliphatic carbocycles. The van der Waals surface area contributed by atoms with E-state index in [1.807, 2.05) is 0 Å². The van der Waals surface area contributed by atoms with Crippen LogP contribution in [0.4, 0.5) is 13.2 Å². The maximum absolute atomic E-state index is 13.0. The molecule has 0 aliphatic rings. The van der Waals surface area contributed by atoms with Crippen molar-refractivity contribution in [2.45, 2.75) is 38.9 Å². The van der Waals surface area contributed by atoms with Gasteiger partial charge in [0.25, 0.3) is 0 Å². The zero-order chi connectivity index (χ0) is 24.3. The molecule has 0 saturated carbocycles. The van der Waals surface area contributed by atoms with Crippen LogP contribution in [0.5, 0.6) is 0 Å². The van der Waals surface area contributed by atoms with E-state index in [1.165, 1.54) is 10.7 Å². The maximum Gasteiger partial charge on any atom is 0.416 e. The molecule has 0 aliphatic heterocycles. The number of carbonyl (C=O) groups is 1. The number of aromatic nitrogens is 5. The Morgan fingerprint density at radius 3 is 2.71 bits per heavy atom. The summed E-state index contributed by atoms with van der Waals surface area (Å²) < 4.78 is 45.8. The van der Waals surface area contributed by atoms with Crippen molar-refractivity contribution in [3.63, 3.8) is 0 Å². The first kappa shape index (κ1) is 23.1. The molecule has 4 aromatic rings. The molecule has 1 N–H and O–H groups in total. The Morgan fingerprint density at radius 2 is 1.97 bits per heavy atom. The third-order valence-corrected chi connectivity index (χ3v) is 5.28. The smallest absolute Gasteiger partial charge is 0.349 e. The van der Waals surface area contributed by atoms with Crippen LogP contribution in [0.1, 0.15) is 42.1 Å². The van der Waals surface area contributed by atoms with E-state index in [4.69, 9.17) is 4.52 Å². The van der Waals surface area contributed by atoms with E-state index in [0.717, 1.165) is 17.7 Å². The minimum atomic E-state index is -4.45. The van der Waals surface area contributed by atoms with Gasteiger partial charge in [0.1, 0.15) is 0 Å². The summed E-state index contributed by atoms with van der Waals surface area (Å²) >= 11 is 0. The van der Waals surface area contributed by atoms with Crippen molar-refractivity contribution >= 4 is 5.91 Å². The number of halogens is 3. The second-order valence-corrected chi connectivity index (χ2v) is 7.68. The van der Waals surface area contributed by atoms with Crippen molar-refractivity contribution in [1.82, 2.24) is 30.2 Å². The van der Waals surface area contributed by atoms with Crippen LogP contribution in [0.3, 0.4) is 0 Å². The van der Waals surface area contributed by atoms with Crippen molar-refractivity contribution in [3.05, 3.63) is 77.7 Å². The number of rotatable bonds is 7. The molecule has 0 bridgehead atoms. The monoisotopic (exact) mass is 470 g/mol. The Bertz CT molecular complexity index is 1280. The molecule has 1 unspecified atom stereocenters. The number of pyridine rings is 1. The van der Waals surface area contributed by atoms with Crippen molar-refractivity contribution in [2.75, 3.05) is 0 Å². The highest BCUT2D eigenvalue weighted by atomic mass is 19.4. The van der Waals surface area contributed by atoms with Gasteiger partial charge in [-0.3, -0.25) is 9.78 Å². The molecule has 0 spiro atoms. The van der Waals surface area contributed by atoms with E-state index in [1.54, 1.807) is 50.6 Å². The van der Waals surface area contributed by atoms with Gasteiger partial charge in [0.15, 0.2) is 0 Å². The first-order chi connectivity index (χ1) is 16.2. The normalized spacial score (nSPS) is 12.5. The molecule has 4 rings (SSSR count). The van der Waals surface area contributed by atoms with E-state index in [0.29, 0.717) is 28.7 Å². The molecule has 3 heterocycles. The van der Waals surface area contributed by atoms with Crippen LogP contribution >= 0.6 is 0 Å². The van der Waals surface area contributed by atoms with Crippen LogP contribution < -0.4 is 5.32 Å². The minimum absolute atomic E-state index is 0.128. The van der Waals surface area contributed by atoms with Gasteiger partial charge in [0, 0.05) is 42.1 Å². The second-order valence-electron chi connectivity index (χ2n) is 7.68. The van der Waals surface area contributed by atoms with Crippen LogP contribution in [0.15, 0.2) is 59.5 Å². The SMILES string of the molecule is Cc1c(C(C)NC(=O)CCc2nc(-c3ccncc3)no2)cnn1-c1cccc(C(F)(F)F)c1. The Labute approximate surface area is 192 Å². The number of nitrogens with zero attached hydrogens (tertiary/aromatic N) is 5. The lowest BCUT2D eigenvalue weighted by Crippen LogP contribution is -2.27. The molecule has 0 radical (unpaired) electrons. The summed E-state index contributed by atoms with van der Waals surface area (Å²) in [5, 5.41) is 11.0. The number of aryl methyl sites for hydroxylation is 1. The van der Waals surface area contributed by atoms with E-state index in [-0.39, 0.29) is 18.7 Å². The average molecular weight is 470 g/mol. The van der Waals surface area contributed by atoms with Gasteiger partial charge in [0.2, 0.25) is 17.6 Å². The van der Waals surface area contributed by atoms with Gasteiger partial charge in [-0.15, -0.1) is 0 Å². The molecular formula is C23H21F3N6O2. The summed E-state index contributed by atoms with van der Waals surface area (Å²) in [6, 6.07) is 8.04. The van der Waals surface area contributed by atoms with Gasteiger partial charge in [-0.2, -0.15) is 23.3 Å². The summed E-state index contributed by atoms with van der Waals surface area (Å²) in [4.78, 5) is 20.7. The Hall–Kier alpha value is -4.02. The highest BCUT2D eigenvalue weighted by Crippen LogP contribution is 2.31. The lowest BCUT2D eigenvalue weighted by Gasteiger charge is -2.14. The standard InChI is InChI=1S/C23H21F3N6O2/c1-14(19-13-28-32(15(19)2)18-5-3-4-17(12-18)23(24,25)26)29-20(33)6-7-21-30-22(31-34-21)16-8-10-27-11-9-16/h3-5,8-14H,6-7H2,1-2H3,(H,29,33). The fraction of sp³-hybridized carbons (Fsp3) is 0.261. The predicted octanol–water partition coefficient (Wildman–Crippen LogP) is 4.45. The molecule has 1 aromatic carbocycles. The van der Waals surface area contributed by atoms with Crippen molar-refractivity contribution in [3.8, 4) is 17.1 Å². The van der Waals surface area contributed by atoms with Crippen molar-refractivity contribution in [2.24, 2.45) is 0 Å². The van der Waals surface area contributed by atoms with Gasteiger partial charge >= 0.3 is 6.18 Å². The van der Waals surface area contributed by atoms with Gasteiger partial charge in [0.05, 0.1) is 23.5 Å². The van der Waals surface area contributed by atoms with E-state index in [9.17, 15) is 18.0 Å². The molecule has 8 nitrogen and oxygen atoms in total. The van der Waals surface area contributed by atoms with E-state index >= 15 is 0 Å². The number of amides is 1. The molecule has 1 amide bonds. The van der Waals surface area contributed by atoms with Gasteiger partial charge in [-0.25, -0.2) is 4.68 Å². The second kappa shape index (κ2) is 9.46. The summed E-state index contributed by atoms with van der Waals surface area (Å²) in [6.07, 6.45) is 0.731. The number of carbonyl (C=O) groups excluding carboxylic acids is 1. The highest BCUT2D eigenvalue weighted by Gasteiger charge is 2.30. The molecule has 11 heteroatoms. The Morgan fingerprint density at radius 1 is 1.21 bits per heavy atom. The summed E-state index contributed by atoms with van der Waals surface area (Å²) in [6.45, 7) is 3.52. The minimum Gasteiger partial charge on any atom is -0.349 e. The van der Waals surface area contributed by atoms with Crippen molar-refractivity contribution in [1.29, 1.82) is 0 Å². The Balaban J connectivity index is 1.38. The summed E-state index contributed by atoms with van der Waals surface area (Å²) in [5.74, 6) is 0.523. The van der Waals surface area contributed by atoms with Crippen LogP contribution in [-0.2, 0) is 17.4 Å². The summed E-state index contributed by atoms with van der Waals surface area (Å²) in [7, 11) is 0. The molecular weight excluding hydrogens is 449 g/mol. The zero-order valence-corrected chi connectivity index (χ0v) is 18.4. The molecule has 3 aromatic heterocycles. The van der Waals surface area contributed by atoms with Crippen LogP contribution in [0, 0.1) is 6.92 Å². The number of nitrogens with one attached hydrogen (secondary N) is 1. The predicted molar refractivity (Wildman–Crippen MR) is 116 cm³/mol. The van der Waals surface area contributed by atoms with Crippen LogP contribution in [0.25, 0.3) is 17.1 Å². The van der Waals surface area contributed by atoms with Gasteiger partial charge in [-0.05, 0) is 44.2 Å². The molecule has 176 valence electrons. The van der Waals surface area contributed by atoms with Crippen molar-refractivity contribution < 1.29 is 22.5 Å². The highest BCUT2D eigenvalue weighted by molar-refractivity contribution is 5.76. The zero-order valence-electron chi connectivity index (χ0n) is 18.4. The van der Waals surface area contributed by atoms with Crippen LogP contribution in [-0.4, -0.2) is 30.8 Å².